The first kappa shape index (κ1) is 19.2. The highest BCUT2D eigenvalue weighted by molar-refractivity contribution is 7.17. The molecule has 2 aromatic rings. The van der Waals surface area contributed by atoms with Crippen molar-refractivity contribution in [3.8, 4) is 10.6 Å². The summed E-state index contributed by atoms with van der Waals surface area (Å²) >= 11 is 1.48. The second-order valence-corrected chi connectivity index (χ2v) is 7.22. The monoisotopic (exact) mass is 389 g/mol. The Morgan fingerprint density at radius 3 is 2.54 bits per heavy atom. The molecule has 2 aliphatic heterocycles. The molecule has 2 atom stereocenters. The SMILES string of the molecule is Cc1nc(-c2cnn(C)c2)sc1C(=O)N1C[C@H]2CNC[C@H]2C1.Cl.Cl. The van der Waals surface area contributed by atoms with Gasteiger partial charge in [0.15, 0.2) is 0 Å². The van der Waals surface area contributed by atoms with Crippen molar-refractivity contribution in [3.05, 3.63) is 23.0 Å². The zero-order valence-electron chi connectivity index (χ0n) is 13.6. The van der Waals surface area contributed by atoms with Crippen LogP contribution in [0.25, 0.3) is 10.6 Å². The van der Waals surface area contributed by atoms with E-state index < -0.39 is 0 Å². The Bertz CT molecular complexity index is 719. The molecule has 2 fully saturated rings. The van der Waals surface area contributed by atoms with Crippen LogP contribution in [0.4, 0.5) is 0 Å². The topological polar surface area (TPSA) is 63.1 Å². The lowest BCUT2D eigenvalue weighted by molar-refractivity contribution is 0.0785. The molecule has 4 heterocycles. The zero-order valence-corrected chi connectivity index (χ0v) is 16.0. The molecule has 0 aliphatic carbocycles. The lowest BCUT2D eigenvalue weighted by Gasteiger charge is -2.16. The maximum atomic E-state index is 12.8. The lowest BCUT2D eigenvalue weighted by atomic mass is 10.0. The number of likely N-dealkylation sites (tertiary alicyclic amines) is 1. The van der Waals surface area contributed by atoms with E-state index in [0.29, 0.717) is 11.8 Å². The van der Waals surface area contributed by atoms with E-state index in [9.17, 15) is 4.79 Å². The minimum atomic E-state index is 0. The smallest absolute Gasteiger partial charge is 0.265 e. The third-order valence-corrected chi connectivity index (χ3v) is 5.81. The molecule has 2 aromatic heterocycles. The number of nitrogens with one attached hydrogen (secondary N) is 1. The van der Waals surface area contributed by atoms with E-state index in [4.69, 9.17) is 0 Å². The van der Waals surface area contributed by atoms with E-state index in [1.165, 1.54) is 11.3 Å². The van der Waals surface area contributed by atoms with Gasteiger partial charge in [-0.25, -0.2) is 4.98 Å². The summed E-state index contributed by atoms with van der Waals surface area (Å²) in [6, 6.07) is 0. The average molecular weight is 390 g/mol. The van der Waals surface area contributed by atoms with Gasteiger partial charge in [-0.3, -0.25) is 9.48 Å². The van der Waals surface area contributed by atoms with Gasteiger partial charge in [0, 0.05) is 45.0 Å². The van der Waals surface area contributed by atoms with Gasteiger partial charge in [-0.05, 0) is 18.8 Å². The third kappa shape index (κ3) is 3.31. The summed E-state index contributed by atoms with van der Waals surface area (Å²) in [5.74, 6) is 1.38. The second kappa shape index (κ2) is 7.39. The Morgan fingerprint density at radius 1 is 1.29 bits per heavy atom. The van der Waals surface area contributed by atoms with Crippen LogP contribution in [-0.4, -0.2) is 51.8 Å². The quantitative estimate of drug-likeness (QED) is 0.852. The van der Waals surface area contributed by atoms with Gasteiger partial charge in [-0.1, -0.05) is 0 Å². The number of hydrogen-bond acceptors (Lipinski definition) is 5. The number of aromatic nitrogens is 3. The van der Waals surface area contributed by atoms with Gasteiger partial charge in [0.2, 0.25) is 0 Å². The van der Waals surface area contributed by atoms with E-state index in [1.54, 1.807) is 10.9 Å². The number of carbonyl (C=O) groups is 1. The highest BCUT2D eigenvalue weighted by Gasteiger charge is 2.39. The summed E-state index contributed by atoms with van der Waals surface area (Å²) in [7, 11) is 1.88. The average Bonchev–Trinajstić information content (AvgIpc) is 3.19. The second-order valence-electron chi connectivity index (χ2n) is 6.22. The first-order valence-corrected chi connectivity index (χ1v) is 8.40. The van der Waals surface area contributed by atoms with Crippen LogP contribution < -0.4 is 5.32 Å². The van der Waals surface area contributed by atoms with Crippen molar-refractivity contribution in [3.63, 3.8) is 0 Å². The van der Waals surface area contributed by atoms with Crippen LogP contribution in [0, 0.1) is 18.8 Å². The number of halogens is 2. The number of fused-ring (bicyclic) bond motifs is 1. The predicted molar refractivity (Wildman–Crippen MR) is 99.3 cm³/mol. The molecule has 0 radical (unpaired) electrons. The molecule has 4 rings (SSSR count). The number of thiazole rings is 1. The minimum Gasteiger partial charge on any atom is -0.337 e. The van der Waals surface area contributed by atoms with Crippen molar-refractivity contribution in [1.82, 2.24) is 25.0 Å². The van der Waals surface area contributed by atoms with Crippen LogP contribution in [0.1, 0.15) is 15.4 Å². The Labute approximate surface area is 157 Å². The molecule has 2 saturated heterocycles. The molecule has 0 spiro atoms. The Balaban J connectivity index is 0.00000104. The maximum absolute atomic E-state index is 12.8. The molecule has 6 nitrogen and oxygen atoms in total. The highest BCUT2D eigenvalue weighted by Crippen LogP contribution is 2.32. The van der Waals surface area contributed by atoms with Crippen molar-refractivity contribution < 1.29 is 4.79 Å². The first-order chi connectivity index (χ1) is 10.6. The number of carbonyl (C=O) groups excluding carboxylic acids is 1. The van der Waals surface area contributed by atoms with Gasteiger partial charge in [0.25, 0.3) is 5.91 Å². The number of amides is 1. The number of nitrogens with zero attached hydrogens (tertiary/aromatic N) is 4. The fourth-order valence-corrected chi connectivity index (χ4v) is 4.42. The van der Waals surface area contributed by atoms with Crippen molar-refractivity contribution in [1.29, 1.82) is 0 Å². The van der Waals surface area contributed by atoms with Crippen molar-refractivity contribution in [2.75, 3.05) is 26.2 Å². The molecular weight excluding hydrogens is 369 g/mol. The molecule has 132 valence electrons. The van der Waals surface area contributed by atoms with Crippen molar-refractivity contribution in [2.24, 2.45) is 18.9 Å². The standard InChI is InChI=1S/C15H19N5OS.2ClH/c1-9-13(22-14(18-9)12-5-17-19(2)6-12)15(21)20-7-10-3-16-4-11(10)8-20;;/h5-6,10-11,16H,3-4,7-8H2,1-2H3;2*1H/t10-,11+;;. The summed E-state index contributed by atoms with van der Waals surface area (Å²) in [4.78, 5) is 20.1. The highest BCUT2D eigenvalue weighted by atomic mass is 35.5. The van der Waals surface area contributed by atoms with Crippen LogP contribution in [0.3, 0.4) is 0 Å². The van der Waals surface area contributed by atoms with Crippen LogP contribution in [-0.2, 0) is 7.05 Å². The van der Waals surface area contributed by atoms with E-state index in [0.717, 1.165) is 47.3 Å². The fraction of sp³-hybridized carbons (Fsp3) is 0.533. The minimum absolute atomic E-state index is 0. The van der Waals surface area contributed by atoms with Crippen molar-refractivity contribution >= 4 is 42.1 Å². The number of rotatable bonds is 2. The largest absolute Gasteiger partial charge is 0.337 e. The molecule has 0 bridgehead atoms. The Hall–Kier alpha value is -1.15. The zero-order chi connectivity index (χ0) is 15.3. The Kier molecular flexibility index (Phi) is 5.91. The van der Waals surface area contributed by atoms with Gasteiger partial charge in [-0.2, -0.15) is 5.10 Å². The van der Waals surface area contributed by atoms with Gasteiger partial charge in [0.05, 0.1) is 11.9 Å². The summed E-state index contributed by atoms with van der Waals surface area (Å²) in [6.45, 7) is 5.74. The van der Waals surface area contributed by atoms with E-state index >= 15 is 0 Å². The first-order valence-electron chi connectivity index (χ1n) is 7.58. The predicted octanol–water partition coefficient (Wildman–Crippen LogP) is 1.99. The molecule has 1 N–H and O–H groups in total. The van der Waals surface area contributed by atoms with Crippen LogP contribution in [0.5, 0.6) is 0 Å². The van der Waals surface area contributed by atoms with Gasteiger partial charge >= 0.3 is 0 Å². The van der Waals surface area contributed by atoms with Crippen LogP contribution in [0.2, 0.25) is 0 Å². The van der Waals surface area contributed by atoms with Crippen LogP contribution >= 0.6 is 36.2 Å². The molecule has 1 amide bonds. The summed E-state index contributed by atoms with van der Waals surface area (Å²) in [6.07, 6.45) is 3.72. The summed E-state index contributed by atoms with van der Waals surface area (Å²) in [5.41, 5.74) is 1.79. The molecule has 0 aromatic carbocycles. The van der Waals surface area contributed by atoms with E-state index in [2.05, 4.69) is 15.4 Å². The maximum Gasteiger partial charge on any atom is 0.265 e. The summed E-state index contributed by atoms with van der Waals surface area (Å²) < 4.78 is 1.75. The Morgan fingerprint density at radius 2 is 1.96 bits per heavy atom. The molecular formula is C15H21Cl2N5OS. The van der Waals surface area contributed by atoms with Gasteiger partial charge < -0.3 is 10.2 Å². The fourth-order valence-electron chi connectivity index (χ4n) is 3.41. The molecule has 9 heteroatoms. The molecule has 2 aliphatic rings. The van der Waals surface area contributed by atoms with Gasteiger partial charge in [-0.15, -0.1) is 36.2 Å². The number of hydrogen-bond donors (Lipinski definition) is 1. The van der Waals surface area contributed by atoms with Crippen molar-refractivity contribution in [2.45, 2.75) is 6.92 Å². The van der Waals surface area contributed by atoms with E-state index in [-0.39, 0.29) is 30.7 Å². The summed E-state index contributed by atoms with van der Waals surface area (Å²) in [5, 5.41) is 8.45. The van der Waals surface area contributed by atoms with Crippen LogP contribution in [0.15, 0.2) is 12.4 Å². The lowest BCUT2D eigenvalue weighted by Crippen LogP contribution is -2.31. The number of aryl methyl sites for hydroxylation is 2. The van der Waals surface area contributed by atoms with Gasteiger partial charge in [0.1, 0.15) is 9.88 Å². The normalized spacial score (nSPS) is 22.0. The molecule has 24 heavy (non-hydrogen) atoms. The van der Waals surface area contributed by atoms with E-state index in [1.807, 2.05) is 25.1 Å². The third-order valence-electron chi connectivity index (χ3n) is 4.62. The molecule has 0 saturated carbocycles. The molecule has 0 unspecified atom stereocenters.